The summed E-state index contributed by atoms with van der Waals surface area (Å²) in [6, 6.07) is 12.6. The number of aromatic nitrogens is 1. The molecule has 1 amide bonds. The van der Waals surface area contributed by atoms with E-state index in [0.29, 0.717) is 5.13 Å². The van der Waals surface area contributed by atoms with E-state index in [4.69, 9.17) is 0 Å². The Morgan fingerprint density at radius 1 is 1.09 bits per heavy atom. The molecule has 0 unspecified atom stereocenters. The summed E-state index contributed by atoms with van der Waals surface area (Å²) in [7, 11) is 0. The van der Waals surface area contributed by atoms with Crippen molar-refractivity contribution < 1.29 is 13.6 Å². The van der Waals surface area contributed by atoms with Crippen LogP contribution in [0, 0.1) is 18.6 Å². The molecular weight excluding hydrogens is 318 g/mol. The summed E-state index contributed by atoms with van der Waals surface area (Å²) in [6.45, 7) is 1.91. The molecule has 0 bridgehead atoms. The van der Waals surface area contributed by atoms with Crippen LogP contribution in [0.25, 0.3) is 11.3 Å². The van der Waals surface area contributed by atoms with Gasteiger partial charge >= 0.3 is 0 Å². The topological polar surface area (TPSA) is 42.0 Å². The molecule has 1 N–H and O–H groups in total. The lowest BCUT2D eigenvalue weighted by Crippen LogP contribution is -2.12. The summed E-state index contributed by atoms with van der Waals surface area (Å²) in [4.78, 5) is 17.5. The summed E-state index contributed by atoms with van der Waals surface area (Å²) >= 11 is 1.33. The van der Waals surface area contributed by atoms with Crippen molar-refractivity contribution in [3.63, 3.8) is 0 Å². The van der Waals surface area contributed by atoms with E-state index in [-0.39, 0.29) is 5.56 Å². The molecule has 23 heavy (non-hydrogen) atoms. The van der Waals surface area contributed by atoms with E-state index in [9.17, 15) is 13.6 Å². The maximum absolute atomic E-state index is 13.2. The molecule has 0 radical (unpaired) electrons. The molecule has 0 atom stereocenters. The van der Waals surface area contributed by atoms with Crippen molar-refractivity contribution in [1.29, 1.82) is 0 Å². The highest BCUT2D eigenvalue weighted by Crippen LogP contribution is 2.30. The van der Waals surface area contributed by atoms with Gasteiger partial charge in [-0.15, -0.1) is 11.3 Å². The van der Waals surface area contributed by atoms with Gasteiger partial charge in [-0.2, -0.15) is 0 Å². The first-order valence-electron chi connectivity index (χ1n) is 6.84. The number of thiazole rings is 1. The maximum atomic E-state index is 13.2. The first kappa shape index (κ1) is 15.3. The van der Waals surface area contributed by atoms with Crippen molar-refractivity contribution in [3.05, 3.63) is 70.6 Å². The van der Waals surface area contributed by atoms with Crippen molar-refractivity contribution in [2.24, 2.45) is 0 Å². The third-order valence-corrected chi connectivity index (χ3v) is 4.13. The Kier molecular flexibility index (Phi) is 4.16. The lowest BCUT2D eigenvalue weighted by Gasteiger charge is -2.02. The number of rotatable bonds is 3. The van der Waals surface area contributed by atoms with Gasteiger partial charge in [-0.3, -0.25) is 10.1 Å². The molecule has 0 aliphatic rings. The van der Waals surface area contributed by atoms with Crippen LogP contribution in [0.3, 0.4) is 0 Å². The molecule has 0 aliphatic heterocycles. The van der Waals surface area contributed by atoms with Gasteiger partial charge in [0, 0.05) is 16.0 Å². The fraction of sp³-hybridized carbons (Fsp3) is 0.0588. The van der Waals surface area contributed by atoms with Gasteiger partial charge in [0.2, 0.25) is 0 Å². The van der Waals surface area contributed by atoms with Gasteiger partial charge in [0.05, 0.1) is 5.69 Å². The Balaban J connectivity index is 1.83. The van der Waals surface area contributed by atoms with Crippen LogP contribution in [0.4, 0.5) is 13.9 Å². The van der Waals surface area contributed by atoms with Crippen LogP contribution < -0.4 is 5.32 Å². The fourth-order valence-electron chi connectivity index (χ4n) is 2.12. The van der Waals surface area contributed by atoms with E-state index in [2.05, 4.69) is 10.3 Å². The normalized spacial score (nSPS) is 10.6. The number of amides is 1. The molecule has 116 valence electrons. The van der Waals surface area contributed by atoms with Gasteiger partial charge in [0.1, 0.15) is 0 Å². The van der Waals surface area contributed by atoms with Crippen molar-refractivity contribution in [2.75, 3.05) is 5.32 Å². The minimum atomic E-state index is -1.06. The number of hydrogen-bond donors (Lipinski definition) is 1. The summed E-state index contributed by atoms with van der Waals surface area (Å²) in [5, 5.41) is 3.03. The molecule has 0 saturated heterocycles. The lowest BCUT2D eigenvalue weighted by molar-refractivity contribution is 0.102. The van der Waals surface area contributed by atoms with E-state index >= 15 is 0 Å². The Morgan fingerprint density at radius 2 is 1.83 bits per heavy atom. The highest BCUT2D eigenvalue weighted by atomic mass is 32.1. The first-order chi connectivity index (χ1) is 11.0. The summed E-state index contributed by atoms with van der Waals surface area (Å²) < 4.78 is 26.1. The maximum Gasteiger partial charge on any atom is 0.257 e. The number of carbonyl (C=O) groups excluding carboxylic acids is 1. The van der Waals surface area contributed by atoms with Gasteiger partial charge in [-0.05, 0) is 25.1 Å². The molecule has 3 nitrogen and oxygen atoms in total. The van der Waals surface area contributed by atoms with Gasteiger partial charge in [0.15, 0.2) is 16.8 Å². The molecular formula is C17H12F2N2OS. The average molecular weight is 330 g/mol. The number of halogens is 2. The Morgan fingerprint density at radius 3 is 2.52 bits per heavy atom. The largest absolute Gasteiger partial charge is 0.298 e. The molecule has 2 aromatic carbocycles. The van der Waals surface area contributed by atoms with Crippen molar-refractivity contribution in [3.8, 4) is 11.3 Å². The average Bonchev–Trinajstić information content (AvgIpc) is 2.91. The van der Waals surface area contributed by atoms with Crippen LogP contribution in [0.2, 0.25) is 0 Å². The van der Waals surface area contributed by atoms with Gasteiger partial charge in [-0.25, -0.2) is 13.8 Å². The van der Waals surface area contributed by atoms with Crippen LogP contribution in [0.15, 0.2) is 48.5 Å². The molecule has 3 aromatic rings. The van der Waals surface area contributed by atoms with Crippen LogP contribution in [0.1, 0.15) is 15.2 Å². The van der Waals surface area contributed by atoms with Gasteiger partial charge in [-0.1, -0.05) is 30.3 Å². The summed E-state index contributed by atoms with van der Waals surface area (Å²) in [5.74, 6) is -2.58. The van der Waals surface area contributed by atoms with E-state index in [1.54, 1.807) is 0 Å². The zero-order chi connectivity index (χ0) is 16.4. The number of nitrogens with zero attached hydrogens (tertiary/aromatic N) is 1. The Hall–Kier alpha value is -2.60. The lowest BCUT2D eigenvalue weighted by atomic mass is 10.1. The number of hydrogen-bond acceptors (Lipinski definition) is 3. The van der Waals surface area contributed by atoms with E-state index in [1.165, 1.54) is 17.4 Å². The monoisotopic (exact) mass is 330 g/mol. The molecule has 1 heterocycles. The smallest absolute Gasteiger partial charge is 0.257 e. The third kappa shape index (κ3) is 3.27. The minimum Gasteiger partial charge on any atom is -0.298 e. The zero-order valence-corrected chi connectivity index (χ0v) is 13.0. The quantitative estimate of drug-likeness (QED) is 0.759. The number of anilines is 1. The minimum absolute atomic E-state index is 0.0398. The number of nitrogens with one attached hydrogen (secondary N) is 1. The third-order valence-electron chi connectivity index (χ3n) is 3.25. The zero-order valence-electron chi connectivity index (χ0n) is 12.1. The summed E-state index contributed by atoms with van der Waals surface area (Å²) in [6.07, 6.45) is 0. The van der Waals surface area contributed by atoms with Crippen LogP contribution in [-0.4, -0.2) is 10.9 Å². The van der Waals surface area contributed by atoms with Gasteiger partial charge < -0.3 is 0 Å². The molecule has 0 saturated carbocycles. The van der Waals surface area contributed by atoms with Crippen LogP contribution >= 0.6 is 11.3 Å². The Bertz CT molecular complexity index is 862. The van der Waals surface area contributed by atoms with E-state index in [0.717, 1.165) is 28.3 Å². The van der Waals surface area contributed by atoms with E-state index < -0.39 is 17.5 Å². The van der Waals surface area contributed by atoms with Crippen LogP contribution in [-0.2, 0) is 0 Å². The van der Waals surface area contributed by atoms with Gasteiger partial charge in [0.25, 0.3) is 5.91 Å². The van der Waals surface area contributed by atoms with Crippen molar-refractivity contribution in [1.82, 2.24) is 4.98 Å². The molecule has 0 aliphatic carbocycles. The number of aryl methyl sites for hydroxylation is 1. The second kappa shape index (κ2) is 6.26. The predicted molar refractivity (Wildman–Crippen MR) is 86.6 cm³/mol. The Labute approximate surface area is 135 Å². The molecule has 6 heteroatoms. The molecule has 3 rings (SSSR count). The van der Waals surface area contributed by atoms with Crippen molar-refractivity contribution in [2.45, 2.75) is 6.92 Å². The van der Waals surface area contributed by atoms with Crippen LogP contribution in [0.5, 0.6) is 0 Å². The highest BCUT2D eigenvalue weighted by Gasteiger charge is 2.14. The van der Waals surface area contributed by atoms with Crippen molar-refractivity contribution >= 4 is 22.4 Å². The second-order valence-electron chi connectivity index (χ2n) is 4.87. The van der Waals surface area contributed by atoms with E-state index in [1.807, 2.05) is 37.3 Å². The fourth-order valence-corrected chi connectivity index (χ4v) is 2.95. The highest BCUT2D eigenvalue weighted by molar-refractivity contribution is 7.16. The predicted octanol–water partition coefficient (Wildman–Crippen LogP) is 4.65. The molecule has 0 fully saturated rings. The first-order valence-corrected chi connectivity index (χ1v) is 7.65. The molecule has 0 spiro atoms. The number of carbonyl (C=O) groups is 1. The second-order valence-corrected chi connectivity index (χ2v) is 6.08. The SMILES string of the molecule is Cc1sc(NC(=O)c2ccc(F)c(F)c2)nc1-c1ccccc1. The molecule has 1 aromatic heterocycles. The number of benzene rings is 2. The standard InChI is InChI=1S/C17H12F2N2OS/c1-10-15(11-5-3-2-4-6-11)20-17(23-10)21-16(22)12-7-8-13(18)14(19)9-12/h2-9H,1H3,(H,20,21,22). The summed E-state index contributed by atoms with van der Waals surface area (Å²) in [5.41, 5.74) is 1.78.